The molecule has 0 spiro atoms. The summed E-state index contributed by atoms with van der Waals surface area (Å²) in [6.45, 7) is 8.42. The fourth-order valence-electron chi connectivity index (χ4n) is 3.53. The summed E-state index contributed by atoms with van der Waals surface area (Å²) in [7, 11) is 0. The lowest BCUT2D eigenvalue weighted by atomic mass is 9.93. The van der Waals surface area contributed by atoms with Gasteiger partial charge in [-0.05, 0) is 37.0 Å². The SMILES string of the molecule is Cc1cc(-c2[nH]nc(-c3ccc(C(C)N)cc3)c2C(C)C)cn2ncnc12. The van der Waals surface area contributed by atoms with Crippen molar-refractivity contribution in [3.8, 4) is 22.5 Å². The van der Waals surface area contributed by atoms with Crippen molar-refractivity contribution in [2.24, 2.45) is 5.73 Å². The van der Waals surface area contributed by atoms with Crippen molar-refractivity contribution in [1.29, 1.82) is 0 Å². The van der Waals surface area contributed by atoms with Crippen molar-refractivity contribution in [2.75, 3.05) is 0 Å². The summed E-state index contributed by atoms with van der Waals surface area (Å²) in [5.74, 6) is 0.314. The molecule has 4 rings (SSSR count). The number of benzene rings is 1. The number of pyridine rings is 1. The van der Waals surface area contributed by atoms with Gasteiger partial charge in [-0.15, -0.1) is 0 Å². The quantitative estimate of drug-likeness (QED) is 0.570. The summed E-state index contributed by atoms with van der Waals surface area (Å²) >= 11 is 0. The molecular weight excluding hydrogens is 336 g/mol. The number of nitrogens with one attached hydrogen (secondary N) is 1. The summed E-state index contributed by atoms with van der Waals surface area (Å²) in [6.07, 6.45) is 3.57. The van der Waals surface area contributed by atoms with Crippen LogP contribution in [0.25, 0.3) is 28.2 Å². The van der Waals surface area contributed by atoms with Gasteiger partial charge in [0.1, 0.15) is 6.33 Å². The second kappa shape index (κ2) is 6.63. The Labute approximate surface area is 158 Å². The monoisotopic (exact) mass is 360 g/mol. The molecule has 1 aromatic carbocycles. The lowest BCUT2D eigenvalue weighted by Gasteiger charge is -2.11. The molecule has 0 aliphatic rings. The van der Waals surface area contributed by atoms with Crippen LogP contribution in [0.5, 0.6) is 0 Å². The lowest BCUT2D eigenvalue weighted by Crippen LogP contribution is -2.04. The highest BCUT2D eigenvalue weighted by molar-refractivity contribution is 5.75. The summed E-state index contributed by atoms with van der Waals surface area (Å²) in [5.41, 5.74) is 14.4. The van der Waals surface area contributed by atoms with Gasteiger partial charge in [0, 0.05) is 28.9 Å². The van der Waals surface area contributed by atoms with Gasteiger partial charge in [-0.2, -0.15) is 10.2 Å². The van der Waals surface area contributed by atoms with Crippen molar-refractivity contribution in [2.45, 2.75) is 39.7 Å². The maximum Gasteiger partial charge on any atom is 0.158 e. The molecule has 0 aliphatic carbocycles. The van der Waals surface area contributed by atoms with E-state index in [0.29, 0.717) is 5.92 Å². The molecule has 0 saturated heterocycles. The van der Waals surface area contributed by atoms with Crippen LogP contribution in [-0.2, 0) is 0 Å². The van der Waals surface area contributed by atoms with Crippen LogP contribution in [0.3, 0.4) is 0 Å². The molecule has 3 aromatic heterocycles. The second-order valence-electron chi connectivity index (χ2n) is 7.37. The zero-order valence-electron chi connectivity index (χ0n) is 16.1. The molecule has 0 saturated carbocycles. The lowest BCUT2D eigenvalue weighted by molar-refractivity contribution is 0.818. The minimum atomic E-state index is 0.0238. The topological polar surface area (TPSA) is 84.9 Å². The minimum absolute atomic E-state index is 0.0238. The third-order valence-electron chi connectivity index (χ3n) is 4.94. The Hall–Kier alpha value is -2.99. The molecule has 138 valence electrons. The Bertz CT molecular complexity index is 1090. The molecule has 3 N–H and O–H groups in total. The van der Waals surface area contributed by atoms with E-state index < -0.39 is 0 Å². The first-order valence-electron chi connectivity index (χ1n) is 9.20. The van der Waals surface area contributed by atoms with Crippen LogP contribution in [0.2, 0.25) is 0 Å². The van der Waals surface area contributed by atoms with E-state index in [-0.39, 0.29) is 6.04 Å². The smallest absolute Gasteiger partial charge is 0.158 e. The van der Waals surface area contributed by atoms with Crippen molar-refractivity contribution < 1.29 is 0 Å². The summed E-state index contributed by atoms with van der Waals surface area (Å²) < 4.78 is 1.81. The maximum absolute atomic E-state index is 5.98. The standard InChI is InChI=1S/C21H24N6/c1-12(2)18-19(16-7-5-15(6-8-16)14(4)22)25-26-20(18)17-9-13(3)21-23-11-24-27(21)10-17/h5-12,14H,22H2,1-4H3,(H,25,26). The number of aromatic amines is 1. The van der Waals surface area contributed by atoms with E-state index in [2.05, 4.69) is 64.5 Å². The molecule has 6 heteroatoms. The zero-order chi connectivity index (χ0) is 19.1. The maximum atomic E-state index is 5.98. The van der Waals surface area contributed by atoms with Gasteiger partial charge in [0.15, 0.2) is 5.65 Å². The van der Waals surface area contributed by atoms with E-state index in [1.807, 2.05) is 24.6 Å². The van der Waals surface area contributed by atoms with Crippen LogP contribution in [0, 0.1) is 6.92 Å². The molecule has 3 heterocycles. The van der Waals surface area contributed by atoms with Gasteiger partial charge < -0.3 is 5.73 Å². The average Bonchev–Trinajstić information content (AvgIpc) is 3.28. The van der Waals surface area contributed by atoms with Crippen LogP contribution in [0.1, 0.15) is 49.4 Å². The number of hydrogen-bond donors (Lipinski definition) is 2. The Kier molecular flexibility index (Phi) is 4.28. The van der Waals surface area contributed by atoms with E-state index in [4.69, 9.17) is 5.73 Å². The Morgan fingerprint density at radius 2 is 1.81 bits per heavy atom. The van der Waals surface area contributed by atoms with E-state index in [1.54, 1.807) is 6.33 Å². The summed E-state index contributed by atoms with van der Waals surface area (Å²) in [6, 6.07) is 10.5. The third-order valence-corrected chi connectivity index (χ3v) is 4.94. The van der Waals surface area contributed by atoms with Gasteiger partial charge in [0.25, 0.3) is 0 Å². The fraction of sp³-hybridized carbons (Fsp3) is 0.286. The van der Waals surface area contributed by atoms with Gasteiger partial charge in [-0.25, -0.2) is 9.50 Å². The number of rotatable bonds is 4. The van der Waals surface area contributed by atoms with E-state index >= 15 is 0 Å². The molecule has 0 amide bonds. The second-order valence-corrected chi connectivity index (χ2v) is 7.37. The minimum Gasteiger partial charge on any atom is -0.324 e. The van der Waals surface area contributed by atoms with Crippen LogP contribution < -0.4 is 5.73 Å². The zero-order valence-corrected chi connectivity index (χ0v) is 16.1. The predicted octanol–water partition coefficient (Wildman–Crippen LogP) is 4.24. The van der Waals surface area contributed by atoms with Crippen LogP contribution in [0.4, 0.5) is 0 Å². The average molecular weight is 360 g/mol. The number of hydrogen-bond acceptors (Lipinski definition) is 4. The van der Waals surface area contributed by atoms with Gasteiger partial charge >= 0.3 is 0 Å². The summed E-state index contributed by atoms with van der Waals surface area (Å²) in [4.78, 5) is 4.30. The fourth-order valence-corrected chi connectivity index (χ4v) is 3.53. The number of fused-ring (bicyclic) bond motifs is 1. The molecule has 4 aromatic rings. The van der Waals surface area contributed by atoms with Gasteiger partial charge in [0.2, 0.25) is 0 Å². The highest BCUT2D eigenvalue weighted by Crippen LogP contribution is 2.36. The Morgan fingerprint density at radius 1 is 1.07 bits per heavy atom. The molecule has 6 nitrogen and oxygen atoms in total. The molecule has 0 bridgehead atoms. The number of aromatic nitrogens is 5. The largest absolute Gasteiger partial charge is 0.324 e. The third kappa shape index (κ3) is 3.02. The molecule has 27 heavy (non-hydrogen) atoms. The first-order chi connectivity index (χ1) is 13.0. The number of H-pyrrole nitrogens is 1. The molecule has 1 atom stereocenters. The van der Waals surface area contributed by atoms with Crippen molar-refractivity contribution >= 4 is 5.65 Å². The van der Waals surface area contributed by atoms with Crippen molar-refractivity contribution in [3.63, 3.8) is 0 Å². The Balaban J connectivity index is 1.85. The highest BCUT2D eigenvalue weighted by atomic mass is 15.3. The molecule has 0 fully saturated rings. The number of aryl methyl sites for hydroxylation is 1. The van der Waals surface area contributed by atoms with Crippen LogP contribution in [0.15, 0.2) is 42.9 Å². The highest BCUT2D eigenvalue weighted by Gasteiger charge is 2.20. The molecule has 0 radical (unpaired) electrons. The van der Waals surface area contributed by atoms with Gasteiger partial charge in [0.05, 0.1) is 11.4 Å². The van der Waals surface area contributed by atoms with Crippen LogP contribution >= 0.6 is 0 Å². The first-order valence-corrected chi connectivity index (χ1v) is 9.20. The molecule has 1 unspecified atom stereocenters. The van der Waals surface area contributed by atoms with Gasteiger partial charge in [-0.1, -0.05) is 38.1 Å². The van der Waals surface area contributed by atoms with Crippen LogP contribution in [-0.4, -0.2) is 24.8 Å². The number of nitrogens with zero attached hydrogens (tertiary/aromatic N) is 4. The molecular formula is C21H24N6. The van der Waals surface area contributed by atoms with Crippen molar-refractivity contribution in [1.82, 2.24) is 24.8 Å². The normalized spacial score (nSPS) is 12.8. The summed E-state index contributed by atoms with van der Waals surface area (Å²) in [5, 5.41) is 12.2. The van der Waals surface area contributed by atoms with E-state index in [0.717, 1.165) is 39.3 Å². The van der Waals surface area contributed by atoms with Gasteiger partial charge in [-0.3, -0.25) is 5.10 Å². The Morgan fingerprint density at radius 3 is 2.48 bits per heavy atom. The number of nitrogens with two attached hydrogens (primary N) is 1. The predicted molar refractivity (Wildman–Crippen MR) is 107 cm³/mol. The van der Waals surface area contributed by atoms with E-state index in [1.165, 1.54) is 5.56 Å². The molecule has 0 aliphatic heterocycles. The van der Waals surface area contributed by atoms with E-state index in [9.17, 15) is 0 Å². The first kappa shape index (κ1) is 17.4. The van der Waals surface area contributed by atoms with Crippen molar-refractivity contribution in [3.05, 3.63) is 59.5 Å².